The van der Waals surface area contributed by atoms with Crippen molar-refractivity contribution in [1.82, 2.24) is 9.97 Å². The number of nitrogens with zero attached hydrogens (tertiary/aromatic N) is 3. The standard InChI is InChI=1S/C16H22N4S/c1-11-14(17-2)18-15(12-6-7-12)19-16(11)20(3)9-8-13-5-4-10-21-13/h4-5,10,12H,6-9H2,1-3H3,(H,17,18,19). The van der Waals surface area contributed by atoms with Crippen LogP contribution in [0.25, 0.3) is 0 Å². The number of hydrogen-bond donors (Lipinski definition) is 1. The fourth-order valence-electron chi connectivity index (χ4n) is 2.50. The zero-order valence-corrected chi connectivity index (χ0v) is 13.7. The van der Waals surface area contributed by atoms with E-state index in [1.54, 1.807) is 0 Å². The highest BCUT2D eigenvalue weighted by Gasteiger charge is 2.28. The molecule has 0 unspecified atom stereocenters. The number of anilines is 2. The van der Waals surface area contributed by atoms with Gasteiger partial charge in [-0.25, -0.2) is 9.97 Å². The maximum atomic E-state index is 4.82. The quantitative estimate of drug-likeness (QED) is 0.887. The van der Waals surface area contributed by atoms with Gasteiger partial charge in [-0.15, -0.1) is 11.3 Å². The van der Waals surface area contributed by atoms with Crippen LogP contribution in [0, 0.1) is 6.92 Å². The van der Waals surface area contributed by atoms with E-state index >= 15 is 0 Å². The molecule has 2 heterocycles. The van der Waals surface area contributed by atoms with E-state index in [1.165, 1.54) is 17.7 Å². The first-order chi connectivity index (χ1) is 10.2. The molecule has 0 atom stereocenters. The van der Waals surface area contributed by atoms with Crippen molar-refractivity contribution in [1.29, 1.82) is 0 Å². The van der Waals surface area contributed by atoms with E-state index in [-0.39, 0.29) is 0 Å². The van der Waals surface area contributed by atoms with Gasteiger partial charge in [-0.1, -0.05) is 6.07 Å². The third-order valence-electron chi connectivity index (χ3n) is 3.95. The first kappa shape index (κ1) is 14.3. The molecule has 5 heteroatoms. The molecule has 1 aliphatic rings. The van der Waals surface area contributed by atoms with Gasteiger partial charge in [0, 0.05) is 37.0 Å². The molecule has 1 fully saturated rings. The van der Waals surface area contributed by atoms with E-state index in [2.05, 4.69) is 46.7 Å². The highest BCUT2D eigenvalue weighted by Crippen LogP contribution is 2.39. The van der Waals surface area contributed by atoms with Gasteiger partial charge in [0.25, 0.3) is 0 Å². The Kier molecular flexibility index (Phi) is 4.10. The third-order valence-corrected chi connectivity index (χ3v) is 4.89. The molecule has 4 nitrogen and oxygen atoms in total. The molecule has 0 spiro atoms. The highest BCUT2D eigenvalue weighted by atomic mass is 32.1. The summed E-state index contributed by atoms with van der Waals surface area (Å²) in [5.74, 6) is 3.60. The molecule has 0 saturated heterocycles. The van der Waals surface area contributed by atoms with E-state index in [9.17, 15) is 0 Å². The molecule has 1 N–H and O–H groups in total. The fourth-order valence-corrected chi connectivity index (χ4v) is 3.20. The van der Waals surface area contributed by atoms with Crippen LogP contribution in [0.4, 0.5) is 11.6 Å². The van der Waals surface area contributed by atoms with Crippen LogP contribution in [0.15, 0.2) is 17.5 Å². The molecule has 21 heavy (non-hydrogen) atoms. The van der Waals surface area contributed by atoms with Crippen LogP contribution < -0.4 is 10.2 Å². The Labute approximate surface area is 130 Å². The van der Waals surface area contributed by atoms with Crippen molar-refractivity contribution in [2.75, 3.05) is 30.9 Å². The number of thiophene rings is 1. The predicted molar refractivity (Wildman–Crippen MR) is 89.6 cm³/mol. The lowest BCUT2D eigenvalue weighted by Crippen LogP contribution is -2.23. The Morgan fingerprint density at radius 3 is 2.81 bits per heavy atom. The van der Waals surface area contributed by atoms with Crippen molar-refractivity contribution in [2.45, 2.75) is 32.1 Å². The van der Waals surface area contributed by atoms with Crippen molar-refractivity contribution in [3.8, 4) is 0 Å². The smallest absolute Gasteiger partial charge is 0.137 e. The van der Waals surface area contributed by atoms with E-state index in [0.717, 1.165) is 36.0 Å². The highest BCUT2D eigenvalue weighted by molar-refractivity contribution is 7.09. The Morgan fingerprint density at radius 2 is 2.19 bits per heavy atom. The zero-order valence-electron chi connectivity index (χ0n) is 12.9. The summed E-state index contributed by atoms with van der Waals surface area (Å²) < 4.78 is 0. The number of aromatic nitrogens is 2. The molecular formula is C16H22N4S. The number of rotatable bonds is 6. The van der Waals surface area contributed by atoms with Crippen LogP contribution in [0.3, 0.4) is 0 Å². The summed E-state index contributed by atoms with van der Waals surface area (Å²) in [6.07, 6.45) is 3.51. The van der Waals surface area contributed by atoms with Crippen molar-refractivity contribution < 1.29 is 0 Å². The minimum atomic E-state index is 0.571. The molecule has 1 aliphatic carbocycles. The van der Waals surface area contributed by atoms with Crippen LogP contribution in [-0.4, -0.2) is 30.6 Å². The Morgan fingerprint density at radius 1 is 1.38 bits per heavy atom. The maximum absolute atomic E-state index is 4.82. The lowest BCUT2D eigenvalue weighted by Gasteiger charge is -2.22. The van der Waals surface area contributed by atoms with Gasteiger partial charge in [0.1, 0.15) is 17.5 Å². The number of hydrogen-bond acceptors (Lipinski definition) is 5. The molecule has 2 aromatic rings. The van der Waals surface area contributed by atoms with Gasteiger partial charge < -0.3 is 10.2 Å². The van der Waals surface area contributed by atoms with Gasteiger partial charge in [0.15, 0.2) is 0 Å². The van der Waals surface area contributed by atoms with Crippen molar-refractivity contribution in [3.63, 3.8) is 0 Å². The molecule has 3 rings (SSSR count). The van der Waals surface area contributed by atoms with Crippen LogP contribution in [0.2, 0.25) is 0 Å². The fraction of sp³-hybridized carbons (Fsp3) is 0.500. The summed E-state index contributed by atoms with van der Waals surface area (Å²) in [7, 11) is 4.06. The van der Waals surface area contributed by atoms with Crippen LogP contribution in [-0.2, 0) is 6.42 Å². The average molecular weight is 302 g/mol. The molecule has 0 radical (unpaired) electrons. The summed E-state index contributed by atoms with van der Waals surface area (Å²) in [6.45, 7) is 3.07. The van der Waals surface area contributed by atoms with Crippen molar-refractivity contribution >= 4 is 23.0 Å². The summed E-state index contributed by atoms with van der Waals surface area (Å²) in [5.41, 5.74) is 1.13. The maximum Gasteiger partial charge on any atom is 0.137 e. The normalized spacial score (nSPS) is 14.2. The number of likely N-dealkylation sites (N-methyl/N-ethyl adjacent to an activating group) is 1. The van der Waals surface area contributed by atoms with Gasteiger partial charge in [-0.2, -0.15) is 0 Å². The lowest BCUT2D eigenvalue weighted by atomic mass is 10.2. The molecule has 1 saturated carbocycles. The summed E-state index contributed by atoms with van der Waals surface area (Å²) in [5, 5.41) is 5.34. The summed E-state index contributed by atoms with van der Waals surface area (Å²) >= 11 is 1.82. The second-order valence-corrected chi connectivity index (χ2v) is 6.69. The monoisotopic (exact) mass is 302 g/mol. The predicted octanol–water partition coefficient (Wildman–Crippen LogP) is 3.44. The zero-order chi connectivity index (χ0) is 14.8. The first-order valence-electron chi connectivity index (χ1n) is 7.49. The SMILES string of the molecule is CNc1nc(C2CC2)nc(N(C)CCc2cccs2)c1C. The van der Waals surface area contributed by atoms with Gasteiger partial charge in [-0.3, -0.25) is 0 Å². The van der Waals surface area contributed by atoms with E-state index < -0.39 is 0 Å². The minimum absolute atomic E-state index is 0.571. The minimum Gasteiger partial charge on any atom is -0.373 e. The molecule has 0 amide bonds. The van der Waals surface area contributed by atoms with Crippen molar-refractivity contribution in [2.24, 2.45) is 0 Å². The van der Waals surface area contributed by atoms with E-state index in [1.807, 2.05) is 18.4 Å². The Hall–Kier alpha value is -1.62. The summed E-state index contributed by atoms with van der Waals surface area (Å²) in [6, 6.07) is 4.31. The van der Waals surface area contributed by atoms with E-state index in [4.69, 9.17) is 4.98 Å². The molecule has 0 aromatic carbocycles. The molecular weight excluding hydrogens is 280 g/mol. The van der Waals surface area contributed by atoms with Crippen LogP contribution in [0.1, 0.15) is 35.0 Å². The van der Waals surface area contributed by atoms with Crippen LogP contribution in [0.5, 0.6) is 0 Å². The van der Waals surface area contributed by atoms with Gasteiger partial charge in [-0.05, 0) is 37.6 Å². The number of nitrogens with one attached hydrogen (secondary N) is 1. The van der Waals surface area contributed by atoms with Crippen LogP contribution >= 0.6 is 11.3 Å². The van der Waals surface area contributed by atoms with Gasteiger partial charge >= 0.3 is 0 Å². The van der Waals surface area contributed by atoms with Gasteiger partial charge in [0.2, 0.25) is 0 Å². The second-order valence-electron chi connectivity index (χ2n) is 5.65. The van der Waals surface area contributed by atoms with E-state index in [0.29, 0.717) is 5.92 Å². The van der Waals surface area contributed by atoms with Gasteiger partial charge in [0.05, 0.1) is 0 Å². The van der Waals surface area contributed by atoms with Crippen molar-refractivity contribution in [3.05, 3.63) is 33.8 Å². The lowest BCUT2D eigenvalue weighted by molar-refractivity contribution is 0.833. The Bertz CT molecular complexity index is 605. The molecule has 112 valence electrons. The molecule has 0 bridgehead atoms. The largest absolute Gasteiger partial charge is 0.373 e. The Balaban J connectivity index is 1.80. The topological polar surface area (TPSA) is 41.1 Å². The summed E-state index contributed by atoms with van der Waals surface area (Å²) in [4.78, 5) is 13.2. The first-order valence-corrected chi connectivity index (χ1v) is 8.37. The average Bonchev–Trinajstić information content (AvgIpc) is 3.21. The third kappa shape index (κ3) is 3.18. The second kappa shape index (κ2) is 6.02. The molecule has 2 aromatic heterocycles. The molecule has 0 aliphatic heterocycles.